The predicted octanol–water partition coefficient (Wildman–Crippen LogP) is 1.90. The maximum atomic E-state index is 11.5. The number of hydrogen-bond donors (Lipinski definition) is 2. The Morgan fingerprint density at radius 2 is 2.06 bits per heavy atom. The van der Waals surface area contributed by atoms with Crippen molar-refractivity contribution in [3.05, 3.63) is 41.5 Å². The van der Waals surface area contributed by atoms with E-state index in [0.717, 1.165) is 12.0 Å². The van der Waals surface area contributed by atoms with Gasteiger partial charge in [0.25, 0.3) is 0 Å². The maximum Gasteiger partial charge on any atom is 0.244 e. The molecule has 3 heteroatoms. The van der Waals surface area contributed by atoms with E-state index >= 15 is 0 Å². The normalized spacial score (nSPS) is 12.6. The molecule has 1 unspecified atom stereocenters. The molecule has 0 aromatic heterocycles. The minimum Gasteiger partial charge on any atom is -0.394 e. The van der Waals surface area contributed by atoms with Crippen LogP contribution in [0.1, 0.15) is 24.5 Å². The van der Waals surface area contributed by atoms with Gasteiger partial charge < -0.3 is 10.4 Å². The number of aryl methyl sites for hydroxylation is 1. The zero-order valence-corrected chi connectivity index (χ0v) is 10.3. The second-order valence-electron chi connectivity index (χ2n) is 4.04. The lowest BCUT2D eigenvalue weighted by Crippen LogP contribution is -2.35. The summed E-state index contributed by atoms with van der Waals surface area (Å²) >= 11 is 0. The van der Waals surface area contributed by atoms with Crippen molar-refractivity contribution in [3.63, 3.8) is 0 Å². The van der Waals surface area contributed by atoms with Crippen molar-refractivity contribution in [2.75, 3.05) is 6.61 Å². The number of amides is 1. The Morgan fingerprint density at radius 1 is 1.41 bits per heavy atom. The molecule has 0 bridgehead atoms. The van der Waals surface area contributed by atoms with E-state index < -0.39 is 0 Å². The Balaban J connectivity index is 2.53. The van der Waals surface area contributed by atoms with Crippen molar-refractivity contribution in [2.45, 2.75) is 26.3 Å². The highest BCUT2D eigenvalue weighted by Gasteiger charge is 2.05. The molecule has 2 N–H and O–H groups in total. The Bertz CT molecular complexity index is 378. The molecular weight excluding hydrogens is 214 g/mol. The van der Waals surface area contributed by atoms with Gasteiger partial charge in [-0.05, 0) is 25.0 Å². The topological polar surface area (TPSA) is 49.3 Å². The zero-order valence-electron chi connectivity index (χ0n) is 10.3. The Kier molecular flexibility index (Phi) is 5.43. The van der Waals surface area contributed by atoms with Crippen LogP contribution in [0.25, 0.3) is 6.08 Å². The maximum absolute atomic E-state index is 11.5. The first kappa shape index (κ1) is 13.5. The molecule has 0 saturated heterocycles. The van der Waals surface area contributed by atoms with Crippen LogP contribution in [-0.2, 0) is 4.79 Å². The van der Waals surface area contributed by atoms with Crippen molar-refractivity contribution in [3.8, 4) is 0 Å². The number of aliphatic hydroxyl groups excluding tert-OH is 1. The Labute approximate surface area is 102 Å². The first-order chi connectivity index (χ1) is 8.15. The van der Waals surface area contributed by atoms with Crippen LogP contribution in [0.3, 0.4) is 0 Å². The summed E-state index contributed by atoms with van der Waals surface area (Å²) < 4.78 is 0. The fourth-order valence-electron chi connectivity index (χ4n) is 1.38. The molecule has 0 aliphatic rings. The summed E-state index contributed by atoms with van der Waals surface area (Å²) in [5.74, 6) is -0.175. The standard InChI is InChI=1S/C14H19NO2/c1-3-13(10-16)15-14(17)9-8-12-6-4-11(2)5-7-12/h4-9,13,16H,3,10H2,1-2H3,(H,15,17)/b9-8+. The summed E-state index contributed by atoms with van der Waals surface area (Å²) in [6.07, 6.45) is 3.97. The Morgan fingerprint density at radius 3 is 2.59 bits per heavy atom. The molecule has 0 heterocycles. The first-order valence-corrected chi connectivity index (χ1v) is 5.81. The second-order valence-corrected chi connectivity index (χ2v) is 4.04. The molecule has 1 amide bonds. The van der Waals surface area contributed by atoms with E-state index in [1.165, 1.54) is 11.6 Å². The van der Waals surface area contributed by atoms with Crippen LogP contribution in [0, 0.1) is 6.92 Å². The summed E-state index contributed by atoms with van der Waals surface area (Å²) in [5.41, 5.74) is 2.18. The van der Waals surface area contributed by atoms with E-state index in [1.54, 1.807) is 6.08 Å². The molecule has 3 nitrogen and oxygen atoms in total. The lowest BCUT2D eigenvalue weighted by Gasteiger charge is -2.11. The number of carbonyl (C=O) groups is 1. The molecule has 92 valence electrons. The van der Waals surface area contributed by atoms with Gasteiger partial charge >= 0.3 is 0 Å². The number of benzene rings is 1. The van der Waals surface area contributed by atoms with Gasteiger partial charge in [0.15, 0.2) is 0 Å². The van der Waals surface area contributed by atoms with Crippen molar-refractivity contribution >= 4 is 12.0 Å². The molecule has 0 radical (unpaired) electrons. The number of hydrogen-bond acceptors (Lipinski definition) is 2. The lowest BCUT2D eigenvalue weighted by atomic mass is 10.1. The van der Waals surface area contributed by atoms with Gasteiger partial charge in [-0.3, -0.25) is 4.79 Å². The summed E-state index contributed by atoms with van der Waals surface area (Å²) in [6, 6.07) is 7.76. The third kappa shape index (κ3) is 4.83. The third-order valence-electron chi connectivity index (χ3n) is 2.56. The van der Waals surface area contributed by atoms with Gasteiger partial charge in [-0.1, -0.05) is 36.8 Å². The molecule has 0 aliphatic heterocycles. The first-order valence-electron chi connectivity index (χ1n) is 5.81. The Hall–Kier alpha value is -1.61. The number of aliphatic hydroxyl groups is 1. The summed E-state index contributed by atoms with van der Waals surface area (Å²) in [6.45, 7) is 3.92. The van der Waals surface area contributed by atoms with Crippen LogP contribution in [0.15, 0.2) is 30.3 Å². The minimum atomic E-state index is -0.175. The van der Waals surface area contributed by atoms with Crippen LogP contribution in [-0.4, -0.2) is 23.7 Å². The average Bonchev–Trinajstić information content (AvgIpc) is 2.35. The summed E-state index contributed by atoms with van der Waals surface area (Å²) in [7, 11) is 0. The second kappa shape index (κ2) is 6.86. The average molecular weight is 233 g/mol. The van der Waals surface area contributed by atoms with Crippen LogP contribution < -0.4 is 5.32 Å². The molecule has 0 aliphatic carbocycles. The van der Waals surface area contributed by atoms with E-state index in [0.29, 0.717) is 0 Å². The van der Waals surface area contributed by atoms with Gasteiger partial charge in [0, 0.05) is 6.08 Å². The number of carbonyl (C=O) groups excluding carboxylic acids is 1. The van der Waals surface area contributed by atoms with Gasteiger partial charge in [0.05, 0.1) is 12.6 Å². The third-order valence-corrected chi connectivity index (χ3v) is 2.56. The molecule has 17 heavy (non-hydrogen) atoms. The van der Waals surface area contributed by atoms with Crippen molar-refractivity contribution < 1.29 is 9.90 Å². The van der Waals surface area contributed by atoms with Crippen molar-refractivity contribution in [2.24, 2.45) is 0 Å². The number of rotatable bonds is 5. The highest BCUT2D eigenvalue weighted by Crippen LogP contribution is 2.04. The van der Waals surface area contributed by atoms with E-state index in [1.807, 2.05) is 38.1 Å². The van der Waals surface area contributed by atoms with Gasteiger partial charge in [-0.15, -0.1) is 0 Å². The van der Waals surface area contributed by atoms with E-state index in [2.05, 4.69) is 5.32 Å². The molecule has 0 saturated carbocycles. The number of nitrogens with one attached hydrogen (secondary N) is 1. The molecule has 1 atom stereocenters. The van der Waals surface area contributed by atoms with Crippen LogP contribution in [0.5, 0.6) is 0 Å². The molecule has 1 aromatic carbocycles. The lowest BCUT2D eigenvalue weighted by molar-refractivity contribution is -0.117. The highest BCUT2D eigenvalue weighted by atomic mass is 16.3. The molecule has 1 rings (SSSR count). The zero-order chi connectivity index (χ0) is 12.7. The SMILES string of the molecule is CCC(CO)NC(=O)/C=C/c1ccc(C)cc1. The van der Waals surface area contributed by atoms with Gasteiger partial charge in [0.2, 0.25) is 5.91 Å². The van der Waals surface area contributed by atoms with Crippen LogP contribution in [0.2, 0.25) is 0 Å². The van der Waals surface area contributed by atoms with E-state index in [9.17, 15) is 4.79 Å². The highest BCUT2D eigenvalue weighted by molar-refractivity contribution is 5.91. The van der Waals surface area contributed by atoms with Gasteiger partial charge in [0.1, 0.15) is 0 Å². The molecule has 0 fully saturated rings. The fraction of sp³-hybridized carbons (Fsp3) is 0.357. The smallest absolute Gasteiger partial charge is 0.244 e. The molecule has 1 aromatic rings. The minimum absolute atomic E-state index is 0.0272. The predicted molar refractivity (Wildman–Crippen MR) is 69.5 cm³/mol. The molecule has 0 spiro atoms. The van der Waals surface area contributed by atoms with E-state index in [-0.39, 0.29) is 18.6 Å². The molecular formula is C14H19NO2. The van der Waals surface area contributed by atoms with Gasteiger partial charge in [-0.25, -0.2) is 0 Å². The van der Waals surface area contributed by atoms with E-state index in [4.69, 9.17) is 5.11 Å². The van der Waals surface area contributed by atoms with Crippen LogP contribution >= 0.6 is 0 Å². The largest absolute Gasteiger partial charge is 0.394 e. The quantitative estimate of drug-likeness (QED) is 0.763. The van der Waals surface area contributed by atoms with Crippen molar-refractivity contribution in [1.82, 2.24) is 5.32 Å². The monoisotopic (exact) mass is 233 g/mol. The van der Waals surface area contributed by atoms with Gasteiger partial charge in [-0.2, -0.15) is 0 Å². The summed E-state index contributed by atoms with van der Waals surface area (Å²) in [4.78, 5) is 11.5. The van der Waals surface area contributed by atoms with Crippen LogP contribution in [0.4, 0.5) is 0 Å². The van der Waals surface area contributed by atoms with Crippen molar-refractivity contribution in [1.29, 1.82) is 0 Å². The summed E-state index contributed by atoms with van der Waals surface area (Å²) in [5, 5.41) is 11.7. The fourth-order valence-corrected chi connectivity index (χ4v) is 1.38.